The van der Waals surface area contributed by atoms with E-state index in [9.17, 15) is 4.79 Å². The van der Waals surface area contributed by atoms with E-state index in [1.165, 1.54) is 0 Å². The molecule has 1 aromatic carbocycles. The summed E-state index contributed by atoms with van der Waals surface area (Å²) < 4.78 is 0. The third-order valence-electron chi connectivity index (χ3n) is 3.57. The van der Waals surface area contributed by atoms with Crippen LogP contribution in [-0.4, -0.2) is 18.0 Å². The van der Waals surface area contributed by atoms with Crippen LogP contribution in [-0.2, 0) is 11.3 Å². The second kappa shape index (κ2) is 7.17. The summed E-state index contributed by atoms with van der Waals surface area (Å²) in [5.41, 5.74) is 1.18. The van der Waals surface area contributed by atoms with Gasteiger partial charge in [0.2, 0.25) is 5.91 Å². The molecule has 100 valence electrons. The summed E-state index contributed by atoms with van der Waals surface area (Å²) in [5, 5.41) is 6.24. The lowest BCUT2D eigenvalue weighted by Gasteiger charge is -2.28. The maximum absolute atomic E-state index is 11.7. The summed E-state index contributed by atoms with van der Waals surface area (Å²) in [6, 6.07) is 9.95. The molecule has 0 aliphatic heterocycles. The Hall–Kier alpha value is -1.35. The summed E-state index contributed by atoms with van der Waals surface area (Å²) in [4.78, 5) is 11.7. The largest absolute Gasteiger partial charge is 0.351 e. The number of amides is 1. The Bertz CT molecular complexity index is 358. The van der Waals surface area contributed by atoms with E-state index in [-0.39, 0.29) is 11.4 Å². The van der Waals surface area contributed by atoms with Crippen molar-refractivity contribution in [2.24, 2.45) is 0 Å². The zero-order chi connectivity index (χ0) is 13.4. The Morgan fingerprint density at radius 3 is 2.33 bits per heavy atom. The molecule has 0 aliphatic rings. The van der Waals surface area contributed by atoms with Crippen molar-refractivity contribution in [1.29, 1.82) is 0 Å². The van der Waals surface area contributed by atoms with Crippen LogP contribution >= 0.6 is 0 Å². The topological polar surface area (TPSA) is 41.1 Å². The molecule has 0 saturated carbocycles. The highest BCUT2D eigenvalue weighted by Crippen LogP contribution is 2.12. The van der Waals surface area contributed by atoms with Gasteiger partial charge in [0.1, 0.15) is 0 Å². The fourth-order valence-electron chi connectivity index (χ4n) is 1.65. The van der Waals surface area contributed by atoms with Gasteiger partial charge < -0.3 is 10.6 Å². The average molecular weight is 248 g/mol. The van der Waals surface area contributed by atoms with Gasteiger partial charge in [0.05, 0.1) is 6.54 Å². The molecule has 0 fully saturated rings. The molecule has 3 nitrogen and oxygen atoms in total. The smallest absolute Gasteiger partial charge is 0.234 e. The summed E-state index contributed by atoms with van der Waals surface area (Å²) in [7, 11) is 0. The van der Waals surface area contributed by atoms with Crippen LogP contribution in [0, 0.1) is 0 Å². The molecule has 0 saturated heterocycles. The summed E-state index contributed by atoms with van der Waals surface area (Å²) >= 11 is 0. The van der Waals surface area contributed by atoms with E-state index >= 15 is 0 Å². The minimum absolute atomic E-state index is 0.0481. The van der Waals surface area contributed by atoms with Gasteiger partial charge in [-0.3, -0.25) is 4.79 Å². The van der Waals surface area contributed by atoms with Crippen molar-refractivity contribution in [3.8, 4) is 0 Å². The van der Waals surface area contributed by atoms with Crippen LogP contribution in [0.2, 0.25) is 0 Å². The highest BCUT2D eigenvalue weighted by atomic mass is 16.1. The normalized spacial score (nSPS) is 11.3. The Labute approximate surface area is 110 Å². The van der Waals surface area contributed by atoms with E-state index < -0.39 is 0 Å². The predicted molar refractivity (Wildman–Crippen MR) is 75.3 cm³/mol. The summed E-state index contributed by atoms with van der Waals surface area (Å²) in [6.07, 6.45) is 2.05. The SMILES string of the molecule is CCC(C)(CC)NCC(=O)NCc1ccccc1. The first kappa shape index (κ1) is 14.7. The number of nitrogens with one attached hydrogen (secondary N) is 2. The zero-order valence-corrected chi connectivity index (χ0v) is 11.6. The number of rotatable bonds is 7. The molecule has 0 bridgehead atoms. The first-order valence-corrected chi connectivity index (χ1v) is 6.65. The lowest BCUT2D eigenvalue weighted by molar-refractivity contribution is -0.120. The molecule has 0 heterocycles. The van der Waals surface area contributed by atoms with Crippen molar-refractivity contribution in [2.75, 3.05) is 6.54 Å². The highest BCUT2D eigenvalue weighted by Gasteiger charge is 2.19. The van der Waals surface area contributed by atoms with Gasteiger partial charge >= 0.3 is 0 Å². The maximum Gasteiger partial charge on any atom is 0.234 e. The summed E-state index contributed by atoms with van der Waals surface area (Å²) in [5.74, 6) is 0.0481. The van der Waals surface area contributed by atoms with E-state index in [1.54, 1.807) is 0 Å². The van der Waals surface area contributed by atoms with Crippen molar-refractivity contribution >= 4 is 5.91 Å². The molecule has 1 amide bonds. The maximum atomic E-state index is 11.7. The molecule has 0 atom stereocenters. The molecule has 0 unspecified atom stereocenters. The highest BCUT2D eigenvalue weighted by molar-refractivity contribution is 5.78. The van der Waals surface area contributed by atoms with Crippen LogP contribution in [0.4, 0.5) is 0 Å². The van der Waals surface area contributed by atoms with Crippen LogP contribution in [0.25, 0.3) is 0 Å². The number of hydrogen-bond acceptors (Lipinski definition) is 2. The van der Waals surface area contributed by atoms with Gasteiger partial charge in [0.15, 0.2) is 0 Å². The molecule has 3 heteroatoms. The van der Waals surface area contributed by atoms with Gasteiger partial charge in [-0.1, -0.05) is 44.2 Å². The van der Waals surface area contributed by atoms with Gasteiger partial charge in [-0.25, -0.2) is 0 Å². The Morgan fingerprint density at radius 2 is 1.78 bits per heavy atom. The molecule has 2 N–H and O–H groups in total. The van der Waals surface area contributed by atoms with Gasteiger partial charge in [-0.15, -0.1) is 0 Å². The van der Waals surface area contributed by atoms with Crippen molar-refractivity contribution < 1.29 is 4.79 Å². The second-order valence-electron chi connectivity index (χ2n) is 4.88. The molecule has 1 aromatic rings. The summed E-state index contributed by atoms with van der Waals surface area (Å²) in [6.45, 7) is 7.40. The van der Waals surface area contributed by atoms with E-state index in [0.717, 1.165) is 18.4 Å². The number of hydrogen-bond donors (Lipinski definition) is 2. The van der Waals surface area contributed by atoms with Gasteiger partial charge in [-0.2, -0.15) is 0 Å². The van der Waals surface area contributed by atoms with E-state index in [2.05, 4.69) is 31.4 Å². The minimum Gasteiger partial charge on any atom is -0.351 e. The van der Waals surface area contributed by atoms with E-state index in [0.29, 0.717) is 13.1 Å². The van der Waals surface area contributed by atoms with Crippen molar-refractivity contribution in [2.45, 2.75) is 45.7 Å². The monoisotopic (exact) mass is 248 g/mol. The fraction of sp³-hybridized carbons (Fsp3) is 0.533. The lowest BCUT2D eigenvalue weighted by atomic mass is 9.96. The molecule has 0 aromatic heterocycles. The van der Waals surface area contributed by atoms with Crippen LogP contribution < -0.4 is 10.6 Å². The van der Waals surface area contributed by atoms with Gasteiger partial charge in [-0.05, 0) is 25.3 Å². The third kappa shape index (κ3) is 4.88. The molecule has 1 rings (SSSR count). The first-order chi connectivity index (χ1) is 8.59. The van der Waals surface area contributed by atoms with Gasteiger partial charge in [0, 0.05) is 12.1 Å². The predicted octanol–water partition coefficient (Wildman–Crippen LogP) is 2.47. The standard InChI is InChI=1S/C15H24N2O/c1-4-15(3,5-2)17-12-14(18)16-11-13-9-7-6-8-10-13/h6-10,17H,4-5,11-12H2,1-3H3,(H,16,18). The van der Waals surface area contributed by atoms with Crippen LogP contribution in [0.3, 0.4) is 0 Å². The van der Waals surface area contributed by atoms with Crippen molar-refractivity contribution in [3.63, 3.8) is 0 Å². The zero-order valence-electron chi connectivity index (χ0n) is 11.6. The molecule has 0 aliphatic carbocycles. The lowest BCUT2D eigenvalue weighted by Crippen LogP contribution is -2.46. The number of benzene rings is 1. The van der Waals surface area contributed by atoms with Crippen molar-refractivity contribution in [3.05, 3.63) is 35.9 Å². The quantitative estimate of drug-likeness (QED) is 0.778. The third-order valence-corrected chi connectivity index (χ3v) is 3.57. The molecule has 0 spiro atoms. The second-order valence-corrected chi connectivity index (χ2v) is 4.88. The van der Waals surface area contributed by atoms with E-state index in [4.69, 9.17) is 0 Å². The van der Waals surface area contributed by atoms with Gasteiger partial charge in [0.25, 0.3) is 0 Å². The van der Waals surface area contributed by atoms with Crippen LogP contribution in [0.1, 0.15) is 39.2 Å². The molecular formula is C15H24N2O. The van der Waals surface area contributed by atoms with E-state index in [1.807, 2.05) is 30.3 Å². The van der Waals surface area contributed by atoms with Crippen molar-refractivity contribution in [1.82, 2.24) is 10.6 Å². The molecule has 0 radical (unpaired) electrons. The molecular weight excluding hydrogens is 224 g/mol. The van der Waals surface area contributed by atoms with Crippen LogP contribution in [0.15, 0.2) is 30.3 Å². The molecule has 18 heavy (non-hydrogen) atoms. The first-order valence-electron chi connectivity index (χ1n) is 6.65. The Kier molecular flexibility index (Phi) is 5.86. The van der Waals surface area contributed by atoms with Crippen LogP contribution in [0.5, 0.6) is 0 Å². The minimum atomic E-state index is 0.0481. The Morgan fingerprint density at radius 1 is 1.17 bits per heavy atom. The number of carbonyl (C=O) groups excluding carboxylic acids is 1. The average Bonchev–Trinajstić information content (AvgIpc) is 2.43. The fourth-order valence-corrected chi connectivity index (χ4v) is 1.65. The Balaban J connectivity index is 2.30. The number of carbonyl (C=O) groups is 1.